The molecule has 3 aliphatic rings. The van der Waals surface area contributed by atoms with E-state index in [-0.39, 0.29) is 47.5 Å². The van der Waals surface area contributed by atoms with Crippen molar-refractivity contribution < 1.29 is 19.5 Å². The molecule has 1 atom stereocenters. The summed E-state index contributed by atoms with van der Waals surface area (Å²) in [6.45, 7) is 5.78. The van der Waals surface area contributed by atoms with Gasteiger partial charge in [-0.15, -0.1) is 17.0 Å². The molecule has 1 fully saturated rings. The number of pyridine rings is 1. The number of hydrogen-bond acceptors (Lipinski definition) is 5. The second-order valence-corrected chi connectivity index (χ2v) is 10.1. The number of amidine groups is 1. The third-order valence-corrected chi connectivity index (χ3v) is 7.36. The van der Waals surface area contributed by atoms with Gasteiger partial charge in [-0.2, -0.15) is 0 Å². The summed E-state index contributed by atoms with van der Waals surface area (Å²) in [5, 5.41) is 18.0. The van der Waals surface area contributed by atoms with Gasteiger partial charge in [0, 0.05) is 47.3 Å². The van der Waals surface area contributed by atoms with Crippen LogP contribution < -0.4 is 4.90 Å². The number of aliphatic carboxylic acids is 1. The molecular formula is C26H29BrN4O4. The summed E-state index contributed by atoms with van der Waals surface area (Å²) < 4.78 is 0. The largest absolute Gasteiger partial charge is 0.481 e. The predicted molar refractivity (Wildman–Crippen MR) is 137 cm³/mol. The number of fused-ring (bicyclic) bond motifs is 2. The van der Waals surface area contributed by atoms with Crippen LogP contribution in [-0.2, 0) is 21.5 Å². The Labute approximate surface area is 214 Å². The van der Waals surface area contributed by atoms with Gasteiger partial charge in [-0.1, -0.05) is 19.9 Å². The molecule has 1 aromatic carbocycles. The lowest BCUT2D eigenvalue weighted by Gasteiger charge is -2.31. The summed E-state index contributed by atoms with van der Waals surface area (Å²) >= 11 is 0. The van der Waals surface area contributed by atoms with Crippen molar-refractivity contribution in [2.75, 3.05) is 11.4 Å². The van der Waals surface area contributed by atoms with E-state index in [0.29, 0.717) is 29.4 Å². The summed E-state index contributed by atoms with van der Waals surface area (Å²) in [4.78, 5) is 45.1. The fraction of sp³-hybridized carbons (Fsp3) is 0.423. The second kappa shape index (κ2) is 8.86. The van der Waals surface area contributed by atoms with Crippen LogP contribution in [-0.4, -0.2) is 51.1 Å². The van der Waals surface area contributed by atoms with E-state index in [1.165, 1.54) is 11.8 Å². The van der Waals surface area contributed by atoms with Crippen LogP contribution in [0.3, 0.4) is 0 Å². The van der Waals surface area contributed by atoms with Gasteiger partial charge in [-0.25, -0.2) is 4.98 Å². The molecule has 1 saturated carbocycles. The first-order valence-corrected chi connectivity index (χ1v) is 11.6. The number of anilines is 1. The van der Waals surface area contributed by atoms with Crippen molar-refractivity contribution in [3.8, 4) is 0 Å². The smallest absolute Gasteiger partial charge is 0.305 e. The first kappa shape index (κ1) is 25.0. The van der Waals surface area contributed by atoms with Crippen LogP contribution in [0.2, 0.25) is 0 Å². The van der Waals surface area contributed by atoms with Gasteiger partial charge >= 0.3 is 5.97 Å². The number of carbonyl (C=O) groups excluding carboxylic acids is 2. The molecule has 0 radical (unpaired) electrons. The second-order valence-electron chi connectivity index (χ2n) is 10.1. The average Bonchev–Trinajstić information content (AvgIpc) is 3.54. The van der Waals surface area contributed by atoms with Crippen molar-refractivity contribution in [1.29, 1.82) is 5.41 Å². The maximum absolute atomic E-state index is 13.2. The number of benzene rings is 1. The monoisotopic (exact) mass is 540 g/mol. The van der Waals surface area contributed by atoms with Crippen molar-refractivity contribution >= 4 is 46.2 Å². The first-order chi connectivity index (χ1) is 16.1. The zero-order valence-electron chi connectivity index (χ0n) is 20.0. The molecule has 2 aliphatic heterocycles. The van der Waals surface area contributed by atoms with Gasteiger partial charge in [-0.3, -0.25) is 19.8 Å². The number of halogens is 1. The number of Topliss-reactive ketones (excluding diaryl/α,β-unsaturated/α-hetero) is 1. The number of aromatic nitrogens is 1. The Morgan fingerprint density at radius 2 is 1.89 bits per heavy atom. The molecule has 2 aromatic rings. The number of amides is 1. The fourth-order valence-corrected chi connectivity index (χ4v) is 5.28. The number of carbonyl (C=O) groups is 3. The lowest BCUT2D eigenvalue weighted by molar-refractivity contribution is -0.137. The van der Waals surface area contributed by atoms with Crippen LogP contribution in [0.5, 0.6) is 0 Å². The van der Waals surface area contributed by atoms with Gasteiger partial charge in [0.25, 0.3) is 0 Å². The molecule has 8 nitrogen and oxygen atoms in total. The maximum Gasteiger partial charge on any atom is 0.305 e. The quantitative estimate of drug-likeness (QED) is 0.534. The Bertz CT molecular complexity index is 1250. The summed E-state index contributed by atoms with van der Waals surface area (Å²) in [5.41, 5.74) is 3.96. The highest BCUT2D eigenvalue weighted by molar-refractivity contribution is 8.93. The van der Waals surface area contributed by atoms with E-state index in [1.54, 1.807) is 23.1 Å². The topological polar surface area (TPSA) is 115 Å². The van der Waals surface area contributed by atoms with Crippen LogP contribution in [0.25, 0.3) is 0 Å². The van der Waals surface area contributed by atoms with Crippen LogP contribution in [0.4, 0.5) is 5.69 Å². The number of rotatable bonds is 6. The van der Waals surface area contributed by atoms with E-state index in [4.69, 9.17) is 5.41 Å². The Morgan fingerprint density at radius 1 is 1.17 bits per heavy atom. The molecule has 3 heterocycles. The molecule has 1 aliphatic carbocycles. The number of nitrogens with one attached hydrogen (secondary N) is 1. The zero-order valence-corrected chi connectivity index (χ0v) is 21.7. The normalized spacial score (nSPS) is 19.7. The molecular weight excluding hydrogens is 512 g/mol. The molecule has 0 saturated heterocycles. The molecule has 1 unspecified atom stereocenters. The molecule has 1 aromatic heterocycles. The Balaban J connectivity index is 0.00000289. The highest BCUT2D eigenvalue weighted by atomic mass is 79.9. The predicted octanol–water partition coefficient (Wildman–Crippen LogP) is 4.05. The standard InChI is InChI=1S/C26H28N4O4.BrH/c1-14(31)30-20-9-7-16(10-18(20)26(2,3)22(30)11-23(33)34)21(32)13-29-12-17-6-8-19(15-4-5-15)28-24(17)25(29)27;/h6-10,15,22,27H,4-5,11-13H2,1-3H3,(H,33,34);1H. The van der Waals surface area contributed by atoms with Gasteiger partial charge in [-0.05, 0) is 42.7 Å². The highest BCUT2D eigenvalue weighted by Gasteiger charge is 2.47. The van der Waals surface area contributed by atoms with Crippen molar-refractivity contribution in [3.05, 3.63) is 58.4 Å². The van der Waals surface area contributed by atoms with Gasteiger partial charge < -0.3 is 14.9 Å². The van der Waals surface area contributed by atoms with Crippen molar-refractivity contribution in [3.63, 3.8) is 0 Å². The maximum atomic E-state index is 13.2. The summed E-state index contributed by atoms with van der Waals surface area (Å²) in [7, 11) is 0. The van der Waals surface area contributed by atoms with E-state index in [9.17, 15) is 19.5 Å². The fourth-order valence-electron chi connectivity index (χ4n) is 5.28. The molecule has 1 amide bonds. The minimum atomic E-state index is -0.973. The van der Waals surface area contributed by atoms with Crippen LogP contribution in [0.15, 0.2) is 30.3 Å². The van der Waals surface area contributed by atoms with E-state index < -0.39 is 17.4 Å². The van der Waals surface area contributed by atoms with Gasteiger partial charge in [0.2, 0.25) is 5.91 Å². The minimum absolute atomic E-state index is 0. The Hall–Kier alpha value is -3.07. The SMILES string of the molecule is Br.CC(=O)N1c2ccc(C(=O)CN3Cc4ccc(C5CC5)nc4C3=N)cc2C(C)(C)C1CC(=O)O. The first-order valence-electron chi connectivity index (χ1n) is 11.6. The summed E-state index contributed by atoms with van der Waals surface area (Å²) in [6.07, 6.45) is 2.11. The van der Waals surface area contributed by atoms with Gasteiger partial charge in [0.05, 0.1) is 19.0 Å². The molecule has 5 rings (SSSR count). The lowest BCUT2D eigenvalue weighted by atomic mass is 9.78. The third-order valence-electron chi connectivity index (χ3n) is 7.36. The van der Waals surface area contributed by atoms with Gasteiger partial charge in [0.1, 0.15) is 11.5 Å². The van der Waals surface area contributed by atoms with E-state index in [0.717, 1.165) is 29.7 Å². The summed E-state index contributed by atoms with van der Waals surface area (Å²) in [5.74, 6) is -0.549. The molecule has 9 heteroatoms. The number of hydrogen-bond donors (Lipinski definition) is 2. The Kier molecular flexibility index (Phi) is 6.34. The lowest BCUT2D eigenvalue weighted by Crippen LogP contribution is -2.45. The number of ketones is 1. The summed E-state index contributed by atoms with van der Waals surface area (Å²) in [6, 6.07) is 8.73. The Morgan fingerprint density at radius 3 is 2.51 bits per heavy atom. The average molecular weight is 541 g/mol. The highest BCUT2D eigenvalue weighted by Crippen LogP contribution is 2.47. The van der Waals surface area contributed by atoms with E-state index >= 15 is 0 Å². The molecule has 35 heavy (non-hydrogen) atoms. The van der Waals surface area contributed by atoms with E-state index in [2.05, 4.69) is 4.98 Å². The number of carboxylic acids is 1. The van der Waals surface area contributed by atoms with Gasteiger partial charge in [0.15, 0.2) is 5.78 Å². The molecule has 0 spiro atoms. The molecule has 184 valence electrons. The van der Waals surface area contributed by atoms with Crippen molar-refractivity contribution in [2.24, 2.45) is 0 Å². The molecule has 2 N–H and O–H groups in total. The third kappa shape index (κ3) is 4.26. The molecule has 0 bridgehead atoms. The minimum Gasteiger partial charge on any atom is -0.481 e. The van der Waals surface area contributed by atoms with Crippen LogP contribution >= 0.6 is 17.0 Å². The number of carboxylic acid groups (broad SMARTS) is 1. The van der Waals surface area contributed by atoms with Crippen LogP contribution in [0, 0.1) is 5.41 Å². The van der Waals surface area contributed by atoms with Crippen LogP contribution in [0.1, 0.15) is 78.8 Å². The van der Waals surface area contributed by atoms with Crippen molar-refractivity contribution in [2.45, 2.75) is 64.0 Å². The van der Waals surface area contributed by atoms with E-state index in [1.807, 2.05) is 26.0 Å². The number of nitrogens with zero attached hydrogens (tertiary/aromatic N) is 3. The zero-order chi connectivity index (χ0) is 24.4. The van der Waals surface area contributed by atoms with Crippen molar-refractivity contribution in [1.82, 2.24) is 9.88 Å².